The van der Waals surface area contributed by atoms with E-state index in [0.29, 0.717) is 32.0 Å². The summed E-state index contributed by atoms with van der Waals surface area (Å²) >= 11 is 0. The van der Waals surface area contributed by atoms with Crippen molar-refractivity contribution in [3.05, 3.63) is 0 Å². The average molecular weight is 284 g/mol. The number of amides is 1. The van der Waals surface area contributed by atoms with E-state index in [1.54, 1.807) is 0 Å². The van der Waals surface area contributed by atoms with Crippen LogP contribution < -0.4 is 5.32 Å². The summed E-state index contributed by atoms with van der Waals surface area (Å²) in [6.45, 7) is 1.20. The topological polar surface area (TPSA) is 107 Å². The molecule has 1 heterocycles. The van der Waals surface area contributed by atoms with Crippen molar-refractivity contribution >= 4 is 17.8 Å². The van der Waals surface area contributed by atoms with Crippen LogP contribution in [0, 0.1) is 11.8 Å². The van der Waals surface area contributed by atoms with Crippen molar-refractivity contribution in [1.29, 1.82) is 0 Å². The SMILES string of the molecule is O=C(CCN1CCC(C(=O)O)C(C(=O)O)C1)NC1CC1. The summed E-state index contributed by atoms with van der Waals surface area (Å²) in [4.78, 5) is 35.6. The summed E-state index contributed by atoms with van der Waals surface area (Å²) in [5, 5.41) is 21.0. The average Bonchev–Trinajstić information content (AvgIpc) is 3.19. The molecule has 1 aliphatic heterocycles. The van der Waals surface area contributed by atoms with E-state index in [2.05, 4.69) is 5.32 Å². The maximum atomic E-state index is 11.6. The molecule has 20 heavy (non-hydrogen) atoms. The van der Waals surface area contributed by atoms with Gasteiger partial charge in [-0.25, -0.2) is 0 Å². The Bertz CT molecular complexity index is 408. The summed E-state index contributed by atoms with van der Waals surface area (Å²) in [5.74, 6) is -3.87. The monoisotopic (exact) mass is 284 g/mol. The highest BCUT2D eigenvalue weighted by Gasteiger charge is 2.38. The normalized spacial score (nSPS) is 27.0. The van der Waals surface area contributed by atoms with Crippen LogP contribution in [0.3, 0.4) is 0 Å². The molecule has 2 unspecified atom stereocenters. The van der Waals surface area contributed by atoms with E-state index in [-0.39, 0.29) is 12.5 Å². The molecule has 112 valence electrons. The molecule has 2 atom stereocenters. The third kappa shape index (κ3) is 3.93. The number of nitrogens with zero attached hydrogens (tertiary/aromatic N) is 1. The van der Waals surface area contributed by atoms with Gasteiger partial charge in [0.15, 0.2) is 0 Å². The molecule has 3 N–H and O–H groups in total. The van der Waals surface area contributed by atoms with Crippen molar-refractivity contribution in [1.82, 2.24) is 10.2 Å². The fourth-order valence-corrected chi connectivity index (χ4v) is 2.56. The Morgan fingerprint density at radius 1 is 1.05 bits per heavy atom. The fraction of sp³-hybridized carbons (Fsp3) is 0.769. The van der Waals surface area contributed by atoms with Gasteiger partial charge in [-0.15, -0.1) is 0 Å². The molecule has 0 aromatic heterocycles. The lowest BCUT2D eigenvalue weighted by Gasteiger charge is -2.34. The van der Waals surface area contributed by atoms with E-state index < -0.39 is 23.8 Å². The lowest BCUT2D eigenvalue weighted by molar-refractivity contribution is -0.157. The van der Waals surface area contributed by atoms with Gasteiger partial charge in [0.05, 0.1) is 11.8 Å². The van der Waals surface area contributed by atoms with Gasteiger partial charge in [0.25, 0.3) is 0 Å². The third-order valence-electron chi connectivity index (χ3n) is 3.93. The Kier molecular flexibility index (Phi) is 4.59. The highest BCUT2D eigenvalue weighted by atomic mass is 16.4. The zero-order valence-electron chi connectivity index (χ0n) is 11.2. The number of piperidine rings is 1. The molecule has 2 aliphatic rings. The molecule has 7 nitrogen and oxygen atoms in total. The first-order chi connectivity index (χ1) is 9.47. The first-order valence-electron chi connectivity index (χ1n) is 6.94. The van der Waals surface area contributed by atoms with E-state index in [9.17, 15) is 14.4 Å². The number of carbonyl (C=O) groups excluding carboxylic acids is 1. The number of carboxylic acid groups (broad SMARTS) is 2. The van der Waals surface area contributed by atoms with Gasteiger partial charge in [-0.05, 0) is 25.8 Å². The molecule has 0 radical (unpaired) electrons. The number of carboxylic acids is 2. The van der Waals surface area contributed by atoms with Crippen molar-refractivity contribution in [2.45, 2.75) is 31.7 Å². The minimum atomic E-state index is -1.08. The van der Waals surface area contributed by atoms with E-state index in [0.717, 1.165) is 12.8 Å². The van der Waals surface area contributed by atoms with E-state index in [1.165, 1.54) is 0 Å². The molecular weight excluding hydrogens is 264 g/mol. The van der Waals surface area contributed by atoms with Gasteiger partial charge in [-0.2, -0.15) is 0 Å². The first-order valence-corrected chi connectivity index (χ1v) is 6.94. The van der Waals surface area contributed by atoms with Gasteiger partial charge < -0.3 is 20.4 Å². The quantitative estimate of drug-likeness (QED) is 0.621. The van der Waals surface area contributed by atoms with Gasteiger partial charge in [0.2, 0.25) is 5.91 Å². The van der Waals surface area contributed by atoms with Crippen molar-refractivity contribution in [3.8, 4) is 0 Å². The lowest BCUT2D eigenvalue weighted by Crippen LogP contribution is -2.47. The van der Waals surface area contributed by atoms with Gasteiger partial charge >= 0.3 is 11.9 Å². The maximum Gasteiger partial charge on any atom is 0.308 e. The van der Waals surface area contributed by atoms with Crippen LogP contribution in [0.25, 0.3) is 0 Å². The number of rotatable bonds is 6. The van der Waals surface area contributed by atoms with Gasteiger partial charge in [0.1, 0.15) is 0 Å². The maximum absolute atomic E-state index is 11.6. The van der Waals surface area contributed by atoms with Crippen LogP contribution in [0.2, 0.25) is 0 Å². The zero-order chi connectivity index (χ0) is 14.7. The Balaban J connectivity index is 1.80. The number of likely N-dealkylation sites (tertiary alicyclic amines) is 1. The number of nitrogens with one attached hydrogen (secondary N) is 1. The minimum absolute atomic E-state index is 0.0141. The number of hydrogen-bond donors (Lipinski definition) is 3. The number of aliphatic carboxylic acids is 2. The van der Waals surface area contributed by atoms with E-state index >= 15 is 0 Å². The molecule has 1 saturated carbocycles. The Morgan fingerprint density at radius 2 is 1.70 bits per heavy atom. The van der Waals surface area contributed by atoms with Gasteiger partial charge in [-0.3, -0.25) is 14.4 Å². The molecule has 1 amide bonds. The zero-order valence-corrected chi connectivity index (χ0v) is 11.2. The second-order valence-electron chi connectivity index (χ2n) is 5.57. The first kappa shape index (κ1) is 14.8. The Morgan fingerprint density at radius 3 is 2.25 bits per heavy atom. The van der Waals surface area contributed by atoms with Crippen LogP contribution >= 0.6 is 0 Å². The summed E-state index contributed by atoms with van der Waals surface area (Å²) in [5.41, 5.74) is 0. The summed E-state index contributed by atoms with van der Waals surface area (Å²) in [7, 11) is 0. The minimum Gasteiger partial charge on any atom is -0.481 e. The summed E-state index contributed by atoms with van der Waals surface area (Å²) in [6, 6.07) is 0.326. The Labute approximate surface area is 116 Å². The Hall–Kier alpha value is -1.63. The molecule has 0 bridgehead atoms. The molecular formula is C13H20N2O5. The molecule has 1 aliphatic carbocycles. The van der Waals surface area contributed by atoms with Gasteiger partial charge in [0, 0.05) is 25.6 Å². The summed E-state index contributed by atoms with van der Waals surface area (Å²) < 4.78 is 0. The van der Waals surface area contributed by atoms with Crippen molar-refractivity contribution < 1.29 is 24.6 Å². The van der Waals surface area contributed by atoms with Crippen LogP contribution in [0.15, 0.2) is 0 Å². The van der Waals surface area contributed by atoms with E-state index in [4.69, 9.17) is 10.2 Å². The van der Waals surface area contributed by atoms with Crippen LogP contribution in [-0.4, -0.2) is 58.6 Å². The molecule has 1 saturated heterocycles. The molecule has 0 aromatic rings. The highest BCUT2D eigenvalue weighted by molar-refractivity contribution is 5.80. The predicted octanol–water partition coefficient (Wildman–Crippen LogP) is -0.238. The number of carbonyl (C=O) groups is 3. The second-order valence-corrected chi connectivity index (χ2v) is 5.57. The molecule has 2 fully saturated rings. The van der Waals surface area contributed by atoms with E-state index in [1.807, 2.05) is 4.90 Å². The van der Waals surface area contributed by atoms with Gasteiger partial charge in [-0.1, -0.05) is 0 Å². The van der Waals surface area contributed by atoms with Crippen LogP contribution in [0.1, 0.15) is 25.7 Å². The second kappa shape index (κ2) is 6.21. The summed E-state index contributed by atoms with van der Waals surface area (Å²) in [6.07, 6.45) is 2.73. The molecule has 2 rings (SSSR count). The highest BCUT2D eigenvalue weighted by Crippen LogP contribution is 2.24. The van der Waals surface area contributed by atoms with Crippen molar-refractivity contribution in [2.24, 2.45) is 11.8 Å². The lowest BCUT2D eigenvalue weighted by atomic mass is 9.85. The third-order valence-corrected chi connectivity index (χ3v) is 3.93. The largest absolute Gasteiger partial charge is 0.481 e. The van der Waals surface area contributed by atoms with Crippen LogP contribution in [-0.2, 0) is 14.4 Å². The van der Waals surface area contributed by atoms with Crippen molar-refractivity contribution in [3.63, 3.8) is 0 Å². The molecule has 0 spiro atoms. The standard InChI is InChI=1S/C13H20N2O5/c16-11(14-8-1-2-8)4-6-15-5-3-9(12(17)18)10(7-15)13(19)20/h8-10H,1-7H2,(H,14,16)(H,17,18)(H,19,20). The predicted molar refractivity (Wildman–Crippen MR) is 69.1 cm³/mol. The van der Waals surface area contributed by atoms with Crippen LogP contribution in [0.5, 0.6) is 0 Å². The van der Waals surface area contributed by atoms with Crippen molar-refractivity contribution in [2.75, 3.05) is 19.6 Å². The molecule has 0 aromatic carbocycles. The molecule has 7 heteroatoms. The smallest absolute Gasteiger partial charge is 0.308 e. The van der Waals surface area contributed by atoms with Crippen LogP contribution in [0.4, 0.5) is 0 Å². The number of hydrogen-bond acceptors (Lipinski definition) is 4. The fourth-order valence-electron chi connectivity index (χ4n) is 2.56.